The van der Waals surface area contributed by atoms with Crippen LogP contribution in [-0.2, 0) is 35.1 Å². The number of azo groups is 2. The number of nitrogens with one attached hydrogen (secondary N) is 1. The highest BCUT2D eigenvalue weighted by atomic mass is 32.2. The highest BCUT2D eigenvalue weighted by Crippen LogP contribution is 2.46. The van der Waals surface area contributed by atoms with Crippen LogP contribution in [0.25, 0.3) is 21.5 Å². The normalized spacial score (nSPS) is 12.6. The molecule has 0 aliphatic carbocycles. The lowest BCUT2D eigenvalue weighted by atomic mass is 10.1. The fourth-order valence-electron chi connectivity index (χ4n) is 4.57. The van der Waals surface area contributed by atoms with Crippen LogP contribution < -0.4 is 5.32 Å². The van der Waals surface area contributed by atoms with Crippen LogP contribution in [0.2, 0.25) is 0 Å². The minimum absolute atomic E-state index is 0.0474. The maximum absolute atomic E-state index is 12.4. The second kappa shape index (κ2) is 12.7. The fourth-order valence-corrected chi connectivity index (χ4v) is 6.27. The number of non-ortho nitro benzene ring substituents is 1. The molecule has 19 nitrogen and oxygen atoms in total. The molecule has 5 aromatic rings. The lowest BCUT2D eigenvalue weighted by Crippen LogP contribution is -2.04. The predicted molar refractivity (Wildman–Crippen MR) is 170 cm³/mol. The van der Waals surface area contributed by atoms with Gasteiger partial charge in [0.25, 0.3) is 36.0 Å². The lowest BCUT2D eigenvalue weighted by molar-refractivity contribution is -0.384. The maximum atomic E-state index is 12.4. The van der Waals surface area contributed by atoms with Gasteiger partial charge in [-0.05, 0) is 60.0 Å². The summed E-state index contributed by atoms with van der Waals surface area (Å²) >= 11 is 0. The van der Waals surface area contributed by atoms with E-state index in [9.17, 15) is 58.9 Å². The van der Waals surface area contributed by atoms with Gasteiger partial charge >= 0.3 is 0 Å². The number of phenolic OH excluding ortho intramolecular Hbond substituents is 1. The van der Waals surface area contributed by atoms with Gasteiger partial charge in [-0.3, -0.25) is 28.6 Å². The molecule has 5 aromatic carbocycles. The van der Waals surface area contributed by atoms with Crippen LogP contribution in [0, 0.1) is 10.1 Å². The molecule has 0 aliphatic heterocycles. The Hall–Kier alpha value is -5.78. The van der Waals surface area contributed by atoms with E-state index in [4.69, 9.17) is 0 Å². The second-order valence-corrected chi connectivity index (χ2v) is 14.0. The van der Waals surface area contributed by atoms with Gasteiger partial charge < -0.3 is 10.4 Å². The van der Waals surface area contributed by atoms with Crippen LogP contribution in [0.15, 0.2) is 108 Å². The maximum Gasteiger partial charge on any atom is 0.296 e. The number of nitrogens with zero attached hydrogens (tertiary/aromatic N) is 5. The number of rotatable bonds is 10. The van der Waals surface area contributed by atoms with E-state index in [0.29, 0.717) is 6.07 Å². The Balaban J connectivity index is 1.72. The topological polar surface area (TPSA) is 305 Å². The van der Waals surface area contributed by atoms with E-state index in [1.807, 2.05) is 0 Å². The number of nitro groups is 1. The van der Waals surface area contributed by atoms with Crippen LogP contribution >= 0.6 is 0 Å². The third-order valence-electron chi connectivity index (χ3n) is 6.74. The number of amides is 1. The first-order chi connectivity index (χ1) is 22.9. The van der Waals surface area contributed by atoms with Crippen molar-refractivity contribution >= 4 is 92.4 Å². The molecule has 0 aromatic heterocycles. The summed E-state index contributed by atoms with van der Waals surface area (Å²) in [4.78, 5) is 19.1. The predicted octanol–water partition coefficient (Wildman–Crippen LogP) is 5.75. The molecule has 0 saturated heterocycles. The summed E-state index contributed by atoms with van der Waals surface area (Å²) in [5.41, 5.74) is -1.37. The fraction of sp³-hybridized carbons (Fsp3) is 0. The van der Waals surface area contributed by atoms with Crippen molar-refractivity contribution < 1.29 is 53.7 Å². The number of phenols is 1. The second-order valence-electron chi connectivity index (χ2n) is 9.81. The smallest absolute Gasteiger partial charge is 0.296 e. The molecular formula is C27H18N6O13S3. The van der Waals surface area contributed by atoms with Crippen LogP contribution in [0.3, 0.4) is 0 Å². The minimum Gasteiger partial charge on any atom is -0.505 e. The first-order valence-electron chi connectivity index (χ1n) is 13.0. The summed E-state index contributed by atoms with van der Waals surface area (Å²) in [5, 5.41) is 39.4. The van der Waals surface area contributed by atoms with Gasteiger partial charge in [0, 0.05) is 28.3 Å². The van der Waals surface area contributed by atoms with E-state index in [1.54, 1.807) is 0 Å². The Kier molecular flexibility index (Phi) is 8.94. The van der Waals surface area contributed by atoms with Crippen molar-refractivity contribution in [3.63, 3.8) is 0 Å². The molecule has 0 spiro atoms. The van der Waals surface area contributed by atoms with Gasteiger partial charge in [-0.15, -0.1) is 15.3 Å². The first kappa shape index (κ1) is 34.6. The molecule has 0 fully saturated rings. The zero-order valence-electron chi connectivity index (χ0n) is 23.9. The number of nitro benzene ring substituents is 1. The summed E-state index contributed by atoms with van der Waals surface area (Å²) in [7, 11) is -14.9. The van der Waals surface area contributed by atoms with Crippen molar-refractivity contribution in [2.45, 2.75) is 14.7 Å². The number of benzene rings is 5. The van der Waals surface area contributed by atoms with Gasteiger partial charge in [-0.2, -0.15) is 30.4 Å². The van der Waals surface area contributed by atoms with Crippen LogP contribution in [0.5, 0.6) is 5.75 Å². The van der Waals surface area contributed by atoms with Gasteiger partial charge in [-0.25, -0.2) is 0 Å². The van der Waals surface area contributed by atoms with Crippen molar-refractivity contribution in [3.8, 4) is 5.75 Å². The summed E-state index contributed by atoms with van der Waals surface area (Å²) in [6, 6.07) is 13.1. The molecule has 5 rings (SSSR count). The zero-order valence-corrected chi connectivity index (χ0v) is 26.4. The molecule has 0 saturated carbocycles. The Bertz CT molecular complexity index is 2610. The number of anilines is 1. The summed E-state index contributed by atoms with van der Waals surface area (Å²) in [6.45, 7) is 0. The molecule has 0 aliphatic rings. The quantitative estimate of drug-likeness (QED) is 0.0376. The summed E-state index contributed by atoms with van der Waals surface area (Å²) in [5.74, 6) is -1.02. The number of aromatic hydroxyl groups is 1. The summed E-state index contributed by atoms with van der Waals surface area (Å²) < 4.78 is 101. The third-order valence-corrected chi connectivity index (χ3v) is 9.29. The van der Waals surface area contributed by atoms with Gasteiger partial charge in [-0.1, -0.05) is 6.07 Å². The minimum atomic E-state index is -5.23. The molecule has 0 atom stereocenters. The molecular weight excluding hydrogens is 713 g/mol. The van der Waals surface area contributed by atoms with Gasteiger partial charge in [0.05, 0.1) is 37.5 Å². The number of carbonyl (C=O) groups excluding carboxylic acids is 1. The van der Waals surface area contributed by atoms with Crippen molar-refractivity contribution in [2.24, 2.45) is 20.5 Å². The number of hydrogen-bond acceptors (Lipinski definition) is 14. The Morgan fingerprint density at radius 1 is 0.694 bits per heavy atom. The molecule has 1 amide bonds. The van der Waals surface area contributed by atoms with Crippen molar-refractivity contribution in [2.75, 3.05) is 5.32 Å². The van der Waals surface area contributed by atoms with Crippen molar-refractivity contribution in [1.82, 2.24) is 0 Å². The standard InChI is InChI=1S/C27H18N6O13S3/c34-13-28-23-12-18(48(41,42)43)9-14-10-24(49(44,45)46)26(27(35)25(14)23)32-31-22-8-7-21(19-6-5-17(11-20(19)22)47(38,39)40)30-29-15-1-3-16(4-2-15)33(36)37/h1-13,35H,(H,28,34)(H,38,39,40)(H,41,42,43)(H,44,45,46). The Morgan fingerprint density at radius 2 is 1.31 bits per heavy atom. The lowest BCUT2D eigenvalue weighted by Gasteiger charge is -2.13. The highest BCUT2D eigenvalue weighted by Gasteiger charge is 2.25. The summed E-state index contributed by atoms with van der Waals surface area (Å²) in [6.07, 6.45) is 0.0966. The molecule has 5 N–H and O–H groups in total. The average molecular weight is 731 g/mol. The Morgan fingerprint density at radius 3 is 1.88 bits per heavy atom. The number of fused-ring (bicyclic) bond motifs is 2. The third kappa shape index (κ3) is 7.23. The van der Waals surface area contributed by atoms with E-state index < -0.39 is 67.1 Å². The molecule has 49 heavy (non-hydrogen) atoms. The van der Waals surface area contributed by atoms with Crippen molar-refractivity contribution in [3.05, 3.63) is 82.9 Å². The molecule has 0 radical (unpaired) electrons. The van der Waals surface area contributed by atoms with Crippen LogP contribution in [0.1, 0.15) is 0 Å². The zero-order chi connectivity index (χ0) is 35.9. The SMILES string of the molecule is O=CNc1cc(S(=O)(=O)O)cc2cc(S(=O)(=O)O)c(N=Nc3ccc(N=Nc4ccc([N+](=O)[O-])cc4)c4ccc(S(=O)(=O)O)cc34)c(O)c12. The van der Waals surface area contributed by atoms with Gasteiger partial charge in [0.1, 0.15) is 10.6 Å². The van der Waals surface area contributed by atoms with E-state index >= 15 is 0 Å². The van der Waals surface area contributed by atoms with Crippen molar-refractivity contribution in [1.29, 1.82) is 0 Å². The molecule has 0 unspecified atom stereocenters. The Labute approximate surface area is 274 Å². The molecule has 0 bridgehead atoms. The molecule has 22 heteroatoms. The van der Waals surface area contributed by atoms with Gasteiger partial charge in [0.2, 0.25) is 6.41 Å². The number of hydrogen-bond donors (Lipinski definition) is 5. The van der Waals surface area contributed by atoms with Gasteiger partial charge in [0.15, 0.2) is 5.75 Å². The first-order valence-corrected chi connectivity index (χ1v) is 17.3. The van der Waals surface area contributed by atoms with E-state index in [1.165, 1.54) is 42.5 Å². The highest BCUT2D eigenvalue weighted by molar-refractivity contribution is 7.86. The molecule has 0 heterocycles. The van der Waals surface area contributed by atoms with E-state index in [2.05, 4.69) is 25.8 Å². The van der Waals surface area contributed by atoms with Crippen LogP contribution in [0.4, 0.5) is 34.1 Å². The monoisotopic (exact) mass is 730 g/mol. The number of carbonyl (C=O) groups is 1. The van der Waals surface area contributed by atoms with Crippen LogP contribution in [-0.4, -0.2) is 55.4 Å². The molecule has 252 valence electrons. The largest absolute Gasteiger partial charge is 0.505 e. The van der Waals surface area contributed by atoms with E-state index in [-0.39, 0.29) is 50.7 Å². The van der Waals surface area contributed by atoms with E-state index in [0.717, 1.165) is 24.3 Å². The average Bonchev–Trinajstić information content (AvgIpc) is 3.02.